The van der Waals surface area contributed by atoms with E-state index in [1.54, 1.807) is 12.3 Å². The van der Waals surface area contributed by atoms with Crippen molar-refractivity contribution in [3.8, 4) is 5.75 Å². The van der Waals surface area contributed by atoms with Gasteiger partial charge in [0, 0.05) is 17.6 Å². The zero-order valence-electron chi connectivity index (χ0n) is 11.5. The fourth-order valence-corrected chi connectivity index (χ4v) is 2.32. The average Bonchev–Trinajstić information content (AvgIpc) is 2.52. The van der Waals surface area contributed by atoms with Gasteiger partial charge in [-0.1, -0.05) is 24.3 Å². The van der Waals surface area contributed by atoms with Crippen molar-refractivity contribution in [1.29, 1.82) is 0 Å². The molecule has 4 heteroatoms. The lowest BCUT2D eigenvalue weighted by molar-refractivity contribution is 0.301. The van der Waals surface area contributed by atoms with Gasteiger partial charge in [0.05, 0.1) is 17.7 Å². The van der Waals surface area contributed by atoms with Crippen LogP contribution in [0.2, 0.25) is 0 Å². The molecule has 1 aromatic heterocycles. The molecule has 0 aliphatic carbocycles. The van der Waals surface area contributed by atoms with Crippen molar-refractivity contribution in [3.05, 3.63) is 71.0 Å². The Morgan fingerprint density at radius 1 is 1.00 bits per heavy atom. The highest BCUT2D eigenvalue weighted by Crippen LogP contribution is 2.19. The number of hydrogen-bond acceptors (Lipinski definition) is 3. The van der Waals surface area contributed by atoms with Crippen molar-refractivity contribution >= 4 is 16.6 Å². The topological polar surface area (TPSA) is 57.2 Å². The molecule has 0 atom stereocenters. The molecule has 0 saturated carbocycles. The Morgan fingerprint density at radius 3 is 2.62 bits per heavy atom. The van der Waals surface area contributed by atoms with Crippen molar-refractivity contribution < 1.29 is 4.74 Å². The first-order valence-electron chi connectivity index (χ1n) is 6.81. The van der Waals surface area contributed by atoms with Crippen LogP contribution < -0.4 is 15.9 Å². The minimum Gasteiger partial charge on any atom is -0.490 e. The van der Waals surface area contributed by atoms with Crippen LogP contribution in [-0.2, 0) is 6.54 Å². The first kappa shape index (κ1) is 13.2. The molecule has 2 aromatic carbocycles. The Bertz CT molecular complexity index is 824. The molecule has 0 spiro atoms. The molecule has 2 N–H and O–H groups in total. The third-order valence-corrected chi connectivity index (χ3v) is 3.39. The van der Waals surface area contributed by atoms with E-state index >= 15 is 0 Å². The summed E-state index contributed by atoms with van der Waals surface area (Å²) in [6.45, 7) is 1.14. The van der Waals surface area contributed by atoms with Crippen LogP contribution in [0.1, 0.15) is 0 Å². The highest BCUT2D eigenvalue weighted by molar-refractivity contribution is 5.78. The molecule has 106 valence electrons. The molecule has 0 saturated heterocycles. The van der Waals surface area contributed by atoms with Crippen LogP contribution in [0.3, 0.4) is 0 Å². The second-order valence-corrected chi connectivity index (χ2v) is 4.78. The number of fused-ring (bicyclic) bond motifs is 1. The van der Waals surface area contributed by atoms with Gasteiger partial charge in [-0.2, -0.15) is 0 Å². The summed E-state index contributed by atoms with van der Waals surface area (Å²) >= 11 is 0. The second-order valence-electron chi connectivity index (χ2n) is 4.78. The zero-order valence-corrected chi connectivity index (χ0v) is 11.5. The van der Waals surface area contributed by atoms with E-state index in [-0.39, 0.29) is 5.43 Å². The van der Waals surface area contributed by atoms with Crippen molar-refractivity contribution in [1.82, 2.24) is 4.57 Å². The smallest absolute Gasteiger partial charge is 0.189 e. The summed E-state index contributed by atoms with van der Waals surface area (Å²) in [7, 11) is 0. The summed E-state index contributed by atoms with van der Waals surface area (Å²) in [5.74, 6) is 0.683. The number of nitrogens with zero attached hydrogens (tertiary/aromatic N) is 1. The summed E-state index contributed by atoms with van der Waals surface area (Å²) in [6.07, 6.45) is 1.79. The predicted molar refractivity (Wildman–Crippen MR) is 84.6 cm³/mol. The van der Waals surface area contributed by atoms with E-state index in [1.165, 1.54) is 0 Å². The molecule has 21 heavy (non-hydrogen) atoms. The van der Waals surface area contributed by atoms with Crippen molar-refractivity contribution in [2.24, 2.45) is 0 Å². The normalized spacial score (nSPS) is 10.7. The zero-order chi connectivity index (χ0) is 14.7. The molecular weight excluding hydrogens is 264 g/mol. The summed E-state index contributed by atoms with van der Waals surface area (Å²) in [5, 5.41) is 0.722. The van der Waals surface area contributed by atoms with Gasteiger partial charge in [-0.25, -0.2) is 0 Å². The monoisotopic (exact) mass is 280 g/mol. The molecule has 0 radical (unpaired) electrons. The number of benzene rings is 2. The molecule has 0 bridgehead atoms. The molecule has 0 amide bonds. The number of para-hydroxylation sites is 3. The quantitative estimate of drug-likeness (QED) is 0.747. The fourth-order valence-electron chi connectivity index (χ4n) is 2.32. The number of aromatic nitrogens is 1. The van der Waals surface area contributed by atoms with Gasteiger partial charge in [-0.15, -0.1) is 0 Å². The lowest BCUT2D eigenvalue weighted by atomic mass is 10.2. The van der Waals surface area contributed by atoms with E-state index in [0.29, 0.717) is 24.6 Å². The van der Waals surface area contributed by atoms with Gasteiger partial charge in [-0.3, -0.25) is 4.79 Å². The minimum atomic E-state index is 0.0371. The van der Waals surface area contributed by atoms with Crippen LogP contribution in [-0.4, -0.2) is 11.2 Å². The predicted octanol–water partition coefficient (Wildman–Crippen LogP) is 2.66. The highest BCUT2D eigenvalue weighted by atomic mass is 16.5. The highest BCUT2D eigenvalue weighted by Gasteiger charge is 2.03. The van der Waals surface area contributed by atoms with Gasteiger partial charge >= 0.3 is 0 Å². The van der Waals surface area contributed by atoms with Crippen LogP contribution in [0, 0.1) is 0 Å². The first-order valence-corrected chi connectivity index (χ1v) is 6.81. The van der Waals surface area contributed by atoms with E-state index in [1.807, 2.05) is 53.1 Å². The lowest BCUT2D eigenvalue weighted by Crippen LogP contribution is -2.13. The van der Waals surface area contributed by atoms with Crippen LogP contribution in [0.15, 0.2) is 65.6 Å². The Labute approximate surface area is 122 Å². The van der Waals surface area contributed by atoms with E-state index in [0.717, 1.165) is 10.9 Å². The van der Waals surface area contributed by atoms with Crippen molar-refractivity contribution in [2.75, 3.05) is 12.3 Å². The third kappa shape index (κ3) is 2.74. The largest absolute Gasteiger partial charge is 0.490 e. The van der Waals surface area contributed by atoms with E-state index in [2.05, 4.69) is 0 Å². The Morgan fingerprint density at radius 2 is 1.76 bits per heavy atom. The van der Waals surface area contributed by atoms with Crippen LogP contribution in [0.25, 0.3) is 10.9 Å². The standard InChI is InChI=1S/C17H16N2O2/c18-14-6-2-4-8-17(14)21-12-11-19-10-9-16(20)13-5-1-3-7-15(13)19/h1-10H,11-12,18H2. The number of pyridine rings is 1. The van der Waals surface area contributed by atoms with Gasteiger partial charge in [0.1, 0.15) is 12.4 Å². The number of anilines is 1. The molecule has 3 rings (SSSR count). The number of nitrogen functional groups attached to an aromatic ring is 1. The number of nitrogens with two attached hydrogens (primary N) is 1. The molecule has 0 aliphatic rings. The number of hydrogen-bond donors (Lipinski definition) is 1. The van der Waals surface area contributed by atoms with Crippen LogP contribution >= 0.6 is 0 Å². The molecule has 0 fully saturated rings. The SMILES string of the molecule is Nc1ccccc1OCCn1ccc(=O)c2ccccc21. The van der Waals surface area contributed by atoms with Crippen molar-refractivity contribution in [3.63, 3.8) is 0 Å². The number of rotatable bonds is 4. The summed E-state index contributed by atoms with van der Waals surface area (Å²) in [4.78, 5) is 11.8. The van der Waals surface area contributed by atoms with E-state index in [4.69, 9.17) is 10.5 Å². The van der Waals surface area contributed by atoms with Crippen LogP contribution in [0.5, 0.6) is 5.75 Å². The third-order valence-electron chi connectivity index (χ3n) is 3.39. The molecule has 1 heterocycles. The maximum atomic E-state index is 11.8. The maximum Gasteiger partial charge on any atom is 0.189 e. The summed E-state index contributed by atoms with van der Waals surface area (Å²) < 4.78 is 7.71. The number of ether oxygens (including phenoxy) is 1. The van der Waals surface area contributed by atoms with Gasteiger partial charge < -0.3 is 15.0 Å². The molecule has 0 unspecified atom stereocenters. The molecule has 4 nitrogen and oxygen atoms in total. The fraction of sp³-hybridized carbons (Fsp3) is 0.118. The van der Waals surface area contributed by atoms with E-state index in [9.17, 15) is 4.79 Å². The van der Waals surface area contributed by atoms with Gasteiger partial charge in [0.25, 0.3) is 0 Å². The summed E-state index contributed by atoms with van der Waals surface area (Å²) in [5.41, 5.74) is 7.41. The van der Waals surface area contributed by atoms with Gasteiger partial charge in [0.15, 0.2) is 5.43 Å². The first-order chi connectivity index (χ1) is 10.3. The maximum absolute atomic E-state index is 11.8. The van der Waals surface area contributed by atoms with Gasteiger partial charge in [0.2, 0.25) is 0 Å². The average molecular weight is 280 g/mol. The minimum absolute atomic E-state index is 0.0371. The molecular formula is C17H16N2O2. The summed E-state index contributed by atoms with van der Waals surface area (Å²) in [6, 6.07) is 16.6. The van der Waals surface area contributed by atoms with Gasteiger partial charge in [-0.05, 0) is 24.3 Å². The Kier molecular flexibility index (Phi) is 3.60. The molecule has 3 aromatic rings. The Hall–Kier alpha value is -2.75. The Balaban J connectivity index is 1.79. The van der Waals surface area contributed by atoms with Crippen molar-refractivity contribution in [2.45, 2.75) is 6.54 Å². The molecule has 0 aliphatic heterocycles. The second kappa shape index (κ2) is 5.71. The lowest BCUT2D eigenvalue weighted by Gasteiger charge is -2.12. The van der Waals surface area contributed by atoms with Crippen LogP contribution in [0.4, 0.5) is 5.69 Å². The van der Waals surface area contributed by atoms with E-state index < -0.39 is 0 Å².